The number of anilines is 1. The lowest BCUT2D eigenvalue weighted by Crippen LogP contribution is -2.20. The number of halogens is 1. The number of carbonyl (C=O) groups is 2. The molecule has 0 saturated carbocycles. The molecule has 2 aromatic carbocycles. The molecule has 2 aromatic rings. The van der Waals surface area contributed by atoms with Crippen LogP contribution in [0.2, 0.25) is 5.02 Å². The van der Waals surface area contributed by atoms with Crippen molar-refractivity contribution in [2.24, 2.45) is 0 Å². The number of benzene rings is 2. The van der Waals surface area contributed by atoms with E-state index >= 15 is 0 Å². The first-order valence-electron chi connectivity index (χ1n) is 7.46. The van der Waals surface area contributed by atoms with E-state index < -0.39 is 5.97 Å². The fourth-order valence-corrected chi connectivity index (χ4v) is 2.18. The summed E-state index contributed by atoms with van der Waals surface area (Å²) in [5.41, 5.74) is 1.80. The van der Waals surface area contributed by atoms with Gasteiger partial charge in [-0.05, 0) is 49.7 Å². The zero-order chi connectivity index (χ0) is 17.5. The van der Waals surface area contributed by atoms with Crippen molar-refractivity contribution in [3.8, 4) is 5.75 Å². The van der Waals surface area contributed by atoms with Crippen LogP contribution in [0.3, 0.4) is 0 Å². The van der Waals surface area contributed by atoms with E-state index in [0.717, 1.165) is 5.56 Å². The van der Waals surface area contributed by atoms with Gasteiger partial charge in [0.2, 0.25) is 0 Å². The van der Waals surface area contributed by atoms with Crippen molar-refractivity contribution in [3.05, 3.63) is 58.6 Å². The normalized spacial score (nSPS) is 10.1. The molecule has 0 aliphatic rings. The number of hydrogen-bond acceptors (Lipinski definition) is 4. The van der Waals surface area contributed by atoms with E-state index in [1.807, 2.05) is 6.92 Å². The number of hydrogen-bond donors (Lipinski definition) is 1. The zero-order valence-electron chi connectivity index (χ0n) is 13.5. The summed E-state index contributed by atoms with van der Waals surface area (Å²) in [4.78, 5) is 23.7. The molecule has 0 unspecified atom stereocenters. The lowest BCUT2D eigenvalue weighted by molar-refractivity contribution is -0.118. The van der Waals surface area contributed by atoms with E-state index in [4.69, 9.17) is 21.1 Å². The van der Waals surface area contributed by atoms with Crippen LogP contribution in [0.5, 0.6) is 5.75 Å². The van der Waals surface area contributed by atoms with Gasteiger partial charge in [-0.1, -0.05) is 23.7 Å². The first kappa shape index (κ1) is 17.8. The van der Waals surface area contributed by atoms with Crippen LogP contribution in [0, 0.1) is 6.92 Å². The summed E-state index contributed by atoms with van der Waals surface area (Å²) in [7, 11) is 0. The monoisotopic (exact) mass is 347 g/mol. The second-order valence-corrected chi connectivity index (χ2v) is 5.40. The third-order valence-electron chi connectivity index (χ3n) is 3.26. The van der Waals surface area contributed by atoms with Gasteiger partial charge in [-0.2, -0.15) is 0 Å². The Morgan fingerprint density at radius 1 is 1.17 bits per heavy atom. The molecule has 0 bridgehead atoms. The molecule has 0 aromatic heterocycles. The van der Waals surface area contributed by atoms with Crippen molar-refractivity contribution in [2.75, 3.05) is 18.5 Å². The molecular weight excluding hydrogens is 330 g/mol. The van der Waals surface area contributed by atoms with Gasteiger partial charge >= 0.3 is 5.97 Å². The molecule has 2 rings (SSSR count). The van der Waals surface area contributed by atoms with Crippen LogP contribution in [0.1, 0.15) is 22.8 Å². The Morgan fingerprint density at radius 3 is 2.67 bits per heavy atom. The van der Waals surface area contributed by atoms with Crippen molar-refractivity contribution in [1.29, 1.82) is 0 Å². The van der Waals surface area contributed by atoms with E-state index in [2.05, 4.69) is 5.32 Å². The summed E-state index contributed by atoms with van der Waals surface area (Å²) >= 11 is 6.02. The zero-order valence-corrected chi connectivity index (χ0v) is 14.2. The Labute approximate surface area is 145 Å². The summed E-state index contributed by atoms with van der Waals surface area (Å²) < 4.78 is 10.4. The Morgan fingerprint density at radius 2 is 1.92 bits per heavy atom. The maximum absolute atomic E-state index is 12.0. The van der Waals surface area contributed by atoms with Gasteiger partial charge in [0.15, 0.2) is 6.61 Å². The number of ether oxygens (including phenoxy) is 2. The van der Waals surface area contributed by atoms with Crippen LogP contribution in [0.15, 0.2) is 42.5 Å². The van der Waals surface area contributed by atoms with Crippen LogP contribution in [0.4, 0.5) is 5.69 Å². The van der Waals surface area contributed by atoms with Crippen LogP contribution in [-0.2, 0) is 9.53 Å². The van der Waals surface area contributed by atoms with Gasteiger partial charge in [0.05, 0.1) is 12.2 Å². The first-order chi connectivity index (χ1) is 11.5. The standard InChI is InChI=1S/C18H18ClNO4/c1-3-23-18(22)13-6-4-7-14(10-13)24-11-17(21)20-16-9-5-8-15(19)12(16)2/h4-10H,3,11H2,1-2H3,(H,20,21). The molecule has 24 heavy (non-hydrogen) atoms. The quantitative estimate of drug-likeness (QED) is 0.806. The smallest absolute Gasteiger partial charge is 0.338 e. The van der Waals surface area contributed by atoms with Crippen LogP contribution in [0.25, 0.3) is 0 Å². The van der Waals surface area contributed by atoms with Gasteiger partial charge in [-0.3, -0.25) is 4.79 Å². The highest BCUT2D eigenvalue weighted by molar-refractivity contribution is 6.31. The predicted molar refractivity (Wildman–Crippen MR) is 92.7 cm³/mol. The SMILES string of the molecule is CCOC(=O)c1cccc(OCC(=O)Nc2cccc(Cl)c2C)c1. The van der Waals surface area contributed by atoms with Crippen molar-refractivity contribution in [2.45, 2.75) is 13.8 Å². The second-order valence-electron chi connectivity index (χ2n) is 5.00. The molecule has 1 amide bonds. The number of carbonyl (C=O) groups excluding carboxylic acids is 2. The van der Waals surface area contributed by atoms with E-state index in [1.54, 1.807) is 43.3 Å². The molecule has 126 valence electrons. The predicted octanol–water partition coefficient (Wildman–Crippen LogP) is 3.84. The molecule has 5 nitrogen and oxygen atoms in total. The summed E-state index contributed by atoms with van der Waals surface area (Å²) in [5.74, 6) is -0.331. The molecule has 0 radical (unpaired) electrons. The third kappa shape index (κ3) is 4.73. The van der Waals surface area contributed by atoms with Crippen molar-refractivity contribution >= 4 is 29.2 Å². The summed E-state index contributed by atoms with van der Waals surface area (Å²) in [6.07, 6.45) is 0. The van der Waals surface area contributed by atoms with Crippen molar-refractivity contribution in [3.63, 3.8) is 0 Å². The molecule has 0 fully saturated rings. The van der Waals surface area contributed by atoms with Gasteiger partial charge in [-0.25, -0.2) is 4.79 Å². The second kappa shape index (κ2) is 8.36. The van der Waals surface area contributed by atoms with Crippen LogP contribution in [-0.4, -0.2) is 25.1 Å². The number of rotatable bonds is 6. The maximum atomic E-state index is 12.0. The Hall–Kier alpha value is -2.53. The molecule has 0 spiro atoms. The largest absolute Gasteiger partial charge is 0.484 e. The number of nitrogens with one attached hydrogen (secondary N) is 1. The molecule has 0 saturated heterocycles. The van der Waals surface area contributed by atoms with E-state index in [9.17, 15) is 9.59 Å². The van der Waals surface area contributed by atoms with Gasteiger partial charge in [0.25, 0.3) is 5.91 Å². The average Bonchev–Trinajstić information content (AvgIpc) is 2.58. The third-order valence-corrected chi connectivity index (χ3v) is 3.67. The fraction of sp³-hybridized carbons (Fsp3) is 0.222. The van der Waals surface area contributed by atoms with Crippen LogP contribution >= 0.6 is 11.6 Å². The number of amides is 1. The minimum Gasteiger partial charge on any atom is -0.484 e. The Kier molecular flexibility index (Phi) is 6.21. The lowest BCUT2D eigenvalue weighted by Gasteiger charge is -2.11. The highest BCUT2D eigenvalue weighted by Gasteiger charge is 2.10. The highest BCUT2D eigenvalue weighted by Crippen LogP contribution is 2.23. The molecule has 0 atom stereocenters. The summed E-state index contributed by atoms with van der Waals surface area (Å²) in [6, 6.07) is 11.8. The topological polar surface area (TPSA) is 64.6 Å². The minimum absolute atomic E-state index is 0.182. The molecule has 0 heterocycles. The Bertz CT molecular complexity index is 746. The lowest BCUT2D eigenvalue weighted by atomic mass is 10.2. The molecule has 0 aliphatic heterocycles. The molecular formula is C18H18ClNO4. The van der Waals surface area contributed by atoms with Gasteiger partial charge in [0, 0.05) is 10.7 Å². The minimum atomic E-state index is -0.429. The maximum Gasteiger partial charge on any atom is 0.338 e. The fourth-order valence-electron chi connectivity index (χ4n) is 2.01. The van der Waals surface area contributed by atoms with Gasteiger partial charge < -0.3 is 14.8 Å². The van der Waals surface area contributed by atoms with Crippen molar-refractivity contribution in [1.82, 2.24) is 0 Å². The first-order valence-corrected chi connectivity index (χ1v) is 7.84. The number of esters is 1. The molecule has 6 heteroatoms. The van der Waals surface area contributed by atoms with E-state index in [0.29, 0.717) is 28.6 Å². The Balaban J connectivity index is 1.95. The van der Waals surface area contributed by atoms with Crippen LogP contribution < -0.4 is 10.1 Å². The average molecular weight is 348 g/mol. The van der Waals surface area contributed by atoms with Gasteiger partial charge in [0.1, 0.15) is 5.75 Å². The molecule has 1 N–H and O–H groups in total. The highest BCUT2D eigenvalue weighted by atomic mass is 35.5. The van der Waals surface area contributed by atoms with Gasteiger partial charge in [-0.15, -0.1) is 0 Å². The summed E-state index contributed by atoms with van der Waals surface area (Å²) in [5, 5.41) is 3.32. The summed E-state index contributed by atoms with van der Waals surface area (Å²) in [6.45, 7) is 3.67. The van der Waals surface area contributed by atoms with Crippen molar-refractivity contribution < 1.29 is 19.1 Å². The molecule has 0 aliphatic carbocycles. The van der Waals surface area contributed by atoms with E-state index in [-0.39, 0.29) is 12.5 Å². The van der Waals surface area contributed by atoms with E-state index in [1.165, 1.54) is 6.07 Å².